The van der Waals surface area contributed by atoms with E-state index in [0.29, 0.717) is 17.4 Å². The van der Waals surface area contributed by atoms with Crippen molar-refractivity contribution in [2.24, 2.45) is 0 Å². The van der Waals surface area contributed by atoms with Crippen molar-refractivity contribution in [3.63, 3.8) is 0 Å². The fourth-order valence-corrected chi connectivity index (χ4v) is 2.31. The largest absolute Gasteiger partial charge is 0.395 e. The number of hydrogen-bond acceptors (Lipinski definition) is 4. The fraction of sp³-hybridized carbons (Fsp3) is 0.538. The number of halogens is 1. The molecule has 0 saturated heterocycles. The summed E-state index contributed by atoms with van der Waals surface area (Å²) in [5.41, 5.74) is 0.244. The van der Waals surface area contributed by atoms with Crippen molar-refractivity contribution in [3.05, 3.63) is 22.8 Å². The van der Waals surface area contributed by atoms with Crippen LogP contribution in [0.1, 0.15) is 29.8 Å². The average molecular weight is 284 g/mol. The second kappa shape index (κ2) is 6.21. The van der Waals surface area contributed by atoms with Crippen LogP contribution in [0.25, 0.3) is 0 Å². The van der Waals surface area contributed by atoms with Gasteiger partial charge in [0.1, 0.15) is 11.5 Å². The summed E-state index contributed by atoms with van der Waals surface area (Å²) in [7, 11) is 1.74. The molecule has 0 spiro atoms. The van der Waals surface area contributed by atoms with Gasteiger partial charge in [0.15, 0.2) is 0 Å². The molecule has 0 bridgehead atoms. The Morgan fingerprint density at radius 2 is 2.32 bits per heavy atom. The Balaban J connectivity index is 2.24. The summed E-state index contributed by atoms with van der Waals surface area (Å²) < 4.78 is 0. The van der Waals surface area contributed by atoms with Crippen LogP contribution in [-0.4, -0.2) is 47.1 Å². The molecule has 0 aliphatic heterocycles. The number of hydrogen-bond donors (Lipinski definition) is 2. The van der Waals surface area contributed by atoms with Gasteiger partial charge in [0, 0.05) is 19.6 Å². The first-order chi connectivity index (χ1) is 9.17. The lowest BCUT2D eigenvalue weighted by Crippen LogP contribution is -2.46. The van der Waals surface area contributed by atoms with Crippen LogP contribution in [-0.2, 0) is 0 Å². The fourth-order valence-electron chi connectivity index (χ4n) is 2.12. The highest BCUT2D eigenvalue weighted by Crippen LogP contribution is 2.27. The Bertz CT molecular complexity index is 463. The van der Waals surface area contributed by atoms with Crippen LogP contribution in [0.15, 0.2) is 12.1 Å². The van der Waals surface area contributed by atoms with Crippen LogP contribution in [0.4, 0.5) is 5.82 Å². The minimum absolute atomic E-state index is 0.0500. The van der Waals surface area contributed by atoms with E-state index in [4.69, 9.17) is 16.7 Å². The van der Waals surface area contributed by atoms with E-state index >= 15 is 0 Å². The van der Waals surface area contributed by atoms with Crippen molar-refractivity contribution in [3.8, 4) is 0 Å². The van der Waals surface area contributed by atoms with Crippen molar-refractivity contribution in [1.29, 1.82) is 0 Å². The van der Waals surface area contributed by atoms with Gasteiger partial charge in [-0.2, -0.15) is 0 Å². The topological polar surface area (TPSA) is 65.5 Å². The number of aliphatic hydroxyl groups excluding tert-OH is 1. The zero-order valence-electron chi connectivity index (χ0n) is 10.9. The van der Waals surface area contributed by atoms with E-state index in [0.717, 1.165) is 19.3 Å². The molecule has 2 rings (SSSR count). The molecule has 0 atom stereocenters. The van der Waals surface area contributed by atoms with Crippen molar-refractivity contribution >= 4 is 23.3 Å². The second-order valence-electron chi connectivity index (χ2n) is 4.58. The SMILES string of the molecule is CNc1ccc(Cl)c(C(=O)N(CCO)C2CCC2)n1. The molecule has 1 aliphatic carbocycles. The standard InChI is InChI=1S/C13H18ClN3O2/c1-15-11-6-5-10(14)12(16-11)13(19)17(7-8-18)9-3-2-4-9/h5-6,9,18H,2-4,7-8H2,1H3,(H,15,16). The van der Waals surface area contributed by atoms with Crippen LogP contribution in [0.5, 0.6) is 0 Å². The van der Waals surface area contributed by atoms with E-state index in [9.17, 15) is 4.79 Å². The van der Waals surface area contributed by atoms with Gasteiger partial charge in [0.2, 0.25) is 0 Å². The highest BCUT2D eigenvalue weighted by molar-refractivity contribution is 6.33. The van der Waals surface area contributed by atoms with Gasteiger partial charge in [0.05, 0.1) is 11.6 Å². The van der Waals surface area contributed by atoms with E-state index in [1.165, 1.54) is 0 Å². The minimum atomic E-state index is -0.208. The first kappa shape index (κ1) is 14.1. The molecule has 0 aromatic carbocycles. The number of rotatable bonds is 5. The van der Waals surface area contributed by atoms with Gasteiger partial charge in [-0.15, -0.1) is 0 Å². The average Bonchev–Trinajstić information content (AvgIpc) is 2.36. The maximum absolute atomic E-state index is 12.5. The molecular weight excluding hydrogens is 266 g/mol. The maximum atomic E-state index is 12.5. The first-order valence-corrected chi connectivity index (χ1v) is 6.81. The summed E-state index contributed by atoms with van der Waals surface area (Å²) >= 11 is 6.06. The maximum Gasteiger partial charge on any atom is 0.274 e. The molecule has 104 valence electrons. The molecule has 1 fully saturated rings. The van der Waals surface area contributed by atoms with Crippen molar-refractivity contribution in [1.82, 2.24) is 9.88 Å². The minimum Gasteiger partial charge on any atom is -0.395 e. The molecule has 0 radical (unpaired) electrons. The number of aliphatic hydroxyl groups is 1. The Kier molecular flexibility index (Phi) is 4.61. The number of nitrogens with zero attached hydrogens (tertiary/aromatic N) is 2. The molecule has 0 unspecified atom stereocenters. The molecule has 1 aromatic rings. The van der Waals surface area contributed by atoms with Crippen LogP contribution < -0.4 is 5.32 Å². The van der Waals surface area contributed by atoms with E-state index in [2.05, 4.69) is 10.3 Å². The quantitative estimate of drug-likeness (QED) is 0.864. The Labute approximate surface area is 117 Å². The van der Waals surface area contributed by atoms with E-state index < -0.39 is 0 Å². The Hall–Kier alpha value is -1.33. The molecule has 1 aliphatic rings. The Morgan fingerprint density at radius 3 is 2.84 bits per heavy atom. The molecule has 2 N–H and O–H groups in total. The highest BCUT2D eigenvalue weighted by Gasteiger charge is 2.30. The molecular formula is C13H18ClN3O2. The van der Waals surface area contributed by atoms with E-state index in [1.807, 2.05) is 0 Å². The molecule has 1 aromatic heterocycles. The van der Waals surface area contributed by atoms with Gasteiger partial charge >= 0.3 is 0 Å². The zero-order valence-corrected chi connectivity index (χ0v) is 11.7. The smallest absolute Gasteiger partial charge is 0.274 e. The second-order valence-corrected chi connectivity index (χ2v) is 4.99. The molecule has 6 heteroatoms. The summed E-state index contributed by atoms with van der Waals surface area (Å²) in [5.74, 6) is 0.395. The lowest BCUT2D eigenvalue weighted by molar-refractivity contribution is 0.0520. The third kappa shape index (κ3) is 2.98. The number of carbonyl (C=O) groups excluding carboxylic acids is 1. The predicted molar refractivity (Wildman–Crippen MR) is 74.6 cm³/mol. The van der Waals surface area contributed by atoms with Gasteiger partial charge in [-0.25, -0.2) is 4.98 Å². The molecule has 1 saturated carbocycles. The van der Waals surface area contributed by atoms with Crippen LogP contribution in [0.2, 0.25) is 5.02 Å². The summed E-state index contributed by atoms with van der Waals surface area (Å²) in [6.45, 7) is 0.275. The summed E-state index contributed by atoms with van der Waals surface area (Å²) in [6, 6.07) is 3.58. The summed E-state index contributed by atoms with van der Waals surface area (Å²) in [4.78, 5) is 18.4. The normalized spacial score (nSPS) is 14.9. The highest BCUT2D eigenvalue weighted by atomic mass is 35.5. The summed E-state index contributed by atoms with van der Waals surface area (Å²) in [5, 5.41) is 12.3. The lowest BCUT2D eigenvalue weighted by Gasteiger charge is -2.37. The number of pyridine rings is 1. The number of aromatic nitrogens is 1. The van der Waals surface area contributed by atoms with Crippen LogP contribution in [0.3, 0.4) is 0 Å². The van der Waals surface area contributed by atoms with Gasteiger partial charge in [0.25, 0.3) is 5.91 Å². The van der Waals surface area contributed by atoms with E-state index in [-0.39, 0.29) is 24.2 Å². The van der Waals surface area contributed by atoms with Gasteiger partial charge in [-0.1, -0.05) is 11.6 Å². The number of carbonyl (C=O) groups is 1. The van der Waals surface area contributed by atoms with Crippen molar-refractivity contribution in [2.75, 3.05) is 25.5 Å². The number of amides is 1. The monoisotopic (exact) mass is 283 g/mol. The van der Waals surface area contributed by atoms with Gasteiger partial charge in [-0.3, -0.25) is 4.79 Å². The predicted octanol–water partition coefficient (Wildman–Crippen LogP) is 1.76. The Morgan fingerprint density at radius 1 is 1.58 bits per heavy atom. The van der Waals surface area contributed by atoms with Crippen molar-refractivity contribution < 1.29 is 9.90 Å². The van der Waals surface area contributed by atoms with Crippen LogP contribution in [0, 0.1) is 0 Å². The van der Waals surface area contributed by atoms with Gasteiger partial charge in [-0.05, 0) is 31.4 Å². The third-order valence-corrected chi connectivity index (χ3v) is 3.73. The summed E-state index contributed by atoms with van der Waals surface area (Å²) in [6.07, 6.45) is 3.09. The number of anilines is 1. The van der Waals surface area contributed by atoms with Crippen LogP contribution >= 0.6 is 11.6 Å². The molecule has 5 nitrogen and oxygen atoms in total. The number of nitrogens with one attached hydrogen (secondary N) is 1. The molecule has 1 amide bonds. The zero-order chi connectivity index (χ0) is 13.8. The first-order valence-electron chi connectivity index (χ1n) is 6.43. The molecule has 1 heterocycles. The third-order valence-electron chi connectivity index (χ3n) is 3.42. The van der Waals surface area contributed by atoms with E-state index in [1.54, 1.807) is 24.1 Å². The lowest BCUT2D eigenvalue weighted by atomic mass is 9.91. The molecule has 19 heavy (non-hydrogen) atoms. The van der Waals surface area contributed by atoms with Gasteiger partial charge < -0.3 is 15.3 Å². The van der Waals surface area contributed by atoms with Crippen molar-refractivity contribution in [2.45, 2.75) is 25.3 Å².